The summed E-state index contributed by atoms with van der Waals surface area (Å²) < 4.78 is 39.6. The average Bonchev–Trinajstić information content (AvgIpc) is 2.73. The van der Waals surface area contributed by atoms with E-state index in [-0.39, 0.29) is 10.9 Å². The van der Waals surface area contributed by atoms with Crippen LogP contribution in [0.1, 0.15) is 24.1 Å². The lowest BCUT2D eigenvalue weighted by atomic mass is 9.90. The zero-order chi connectivity index (χ0) is 20.8. The number of sulfonamides is 1. The summed E-state index contributed by atoms with van der Waals surface area (Å²) in [5.41, 5.74) is 4.24. The van der Waals surface area contributed by atoms with Gasteiger partial charge in [0, 0.05) is 5.56 Å². The monoisotopic (exact) mass is 409 g/mol. The predicted molar refractivity (Wildman–Crippen MR) is 114 cm³/mol. The van der Waals surface area contributed by atoms with Crippen molar-refractivity contribution >= 4 is 15.7 Å². The van der Waals surface area contributed by atoms with Crippen molar-refractivity contribution in [2.75, 3.05) is 18.5 Å². The molecule has 1 aliphatic heterocycles. The van der Waals surface area contributed by atoms with E-state index in [1.165, 1.54) is 4.31 Å². The molecule has 0 spiro atoms. The minimum Gasteiger partial charge on any atom is -0.497 e. The summed E-state index contributed by atoms with van der Waals surface area (Å²) in [7, 11) is -0.582. The highest BCUT2D eigenvalue weighted by atomic mass is 32.2. The minimum atomic E-state index is -3.78. The molecule has 3 aromatic carbocycles. The van der Waals surface area contributed by atoms with Gasteiger partial charge in [0.25, 0.3) is 10.0 Å². The molecule has 1 unspecified atom stereocenters. The van der Waals surface area contributed by atoms with Gasteiger partial charge in [0.2, 0.25) is 0 Å². The summed E-state index contributed by atoms with van der Waals surface area (Å²) in [6, 6.07) is 17.9. The largest absolute Gasteiger partial charge is 0.497 e. The van der Waals surface area contributed by atoms with E-state index in [1.807, 2.05) is 56.3 Å². The maximum Gasteiger partial charge on any atom is 0.264 e. The minimum absolute atomic E-state index is 0.245. The van der Waals surface area contributed by atoms with Crippen LogP contribution in [0.15, 0.2) is 65.6 Å². The standard InChI is InChI=1S/C23H23NO4S/c1-15-13-18(10-12-23(15)28-4)29(25,26)24-16(2)19-11-9-17(27-3)14-21(19)20-7-5-6-8-22(20)24/h5-14,16H,1-4H3. The van der Waals surface area contributed by atoms with Crippen molar-refractivity contribution in [2.45, 2.75) is 24.8 Å². The molecule has 0 fully saturated rings. The third kappa shape index (κ3) is 3.04. The van der Waals surface area contributed by atoms with Crippen molar-refractivity contribution in [1.82, 2.24) is 0 Å². The van der Waals surface area contributed by atoms with Crippen LogP contribution in [0, 0.1) is 6.92 Å². The molecular weight excluding hydrogens is 386 g/mol. The Hall–Kier alpha value is -2.99. The smallest absolute Gasteiger partial charge is 0.264 e. The van der Waals surface area contributed by atoms with Crippen LogP contribution in [0.5, 0.6) is 11.5 Å². The molecule has 6 heteroatoms. The second-order valence-electron chi connectivity index (χ2n) is 7.08. The number of rotatable bonds is 4. The van der Waals surface area contributed by atoms with Crippen LogP contribution in [0.4, 0.5) is 5.69 Å². The van der Waals surface area contributed by atoms with Gasteiger partial charge < -0.3 is 9.47 Å². The molecule has 0 aromatic heterocycles. The van der Waals surface area contributed by atoms with Crippen LogP contribution in [0.2, 0.25) is 0 Å². The van der Waals surface area contributed by atoms with E-state index in [0.717, 1.165) is 28.0 Å². The summed E-state index contributed by atoms with van der Waals surface area (Å²) in [5, 5.41) is 0. The Morgan fingerprint density at radius 3 is 2.34 bits per heavy atom. The third-order valence-corrected chi connectivity index (χ3v) is 7.30. The molecule has 29 heavy (non-hydrogen) atoms. The lowest BCUT2D eigenvalue weighted by molar-refractivity contribution is 0.411. The van der Waals surface area contributed by atoms with Crippen molar-refractivity contribution in [3.05, 3.63) is 71.8 Å². The number of anilines is 1. The second kappa shape index (κ2) is 7.12. The molecule has 150 valence electrons. The number of fused-ring (bicyclic) bond motifs is 3. The van der Waals surface area contributed by atoms with Crippen LogP contribution < -0.4 is 13.8 Å². The molecule has 4 rings (SSSR count). The van der Waals surface area contributed by atoms with Crippen molar-refractivity contribution in [3.63, 3.8) is 0 Å². The fourth-order valence-corrected chi connectivity index (χ4v) is 5.69. The van der Waals surface area contributed by atoms with Gasteiger partial charge in [-0.05, 0) is 66.9 Å². The Labute approximate surface area is 171 Å². The van der Waals surface area contributed by atoms with E-state index >= 15 is 0 Å². The molecule has 3 aromatic rings. The second-order valence-corrected chi connectivity index (χ2v) is 8.89. The lowest BCUT2D eigenvalue weighted by Crippen LogP contribution is -2.36. The van der Waals surface area contributed by atoms with Crippen molar-refractivity contribution in [3.8, 4) is 22.6 Å². The van der Waals surface area contributed by atoms with Gasteiger partial charge in [-0.25, -0.2) is 8.42 Å². The average molecular weight is 410 g/mol. The van der Waals surface area contributed by atoms with Gasteiger partial charge in [-0.3, -0.25) is 4.31 Å². The molecule has 0 bridgehead atoms. The molecule has 0 saturated heterocycles. The van der Waals surface area contributed by atoms with Crippen LogP contribution in [0.25, 0.3) is 11.1 Å². The molecule has 0 saturated carbocycles. The van der Waals surface area contributed by atoms with E-state index < -0.39 is 10.0 Å². The number of aryl methyl sites for hydroxylation is 1. The molecule has 0 aliphatic carbocycles. The maximum absolute atomic E-state index is 13.7. The first-order valence-corrected chi connectivity index (χ1v) is 10.8. The first-order valence-electron chi connectivity index (χ1n) is 9.35. The Morgan fingerprint density at radius 1 is 0.897 bits per heavy atom. The molecule has 1 aliphatic rings. The van der Waals surface area contributed by atoms with Crippen molar-refractivity contribution in [1.29, 1.82) is 0 Å². The van der Waals surface area contributed by atoms with Crippen LogP contribution in [-0.4, -0.2) is 22.6 Å². The summed E-state index contributed by atoms with van der Waals surface area (Å²) in [6.45, 7) is 3.75. The molecule has 1 atom stereocenters. The Morgan fingerprint density at radius 2 is 1.66 bits per heavy atom. The van der Waals surface area contributed by atoms with E-state index in [1.54, 1.807) is 32.4 Å². The number of methoxy groups -OCH3 is 2. The van der Waals surface area contributed by atoms with Crippen LogP contribution in [-0.2, 0) is 10.0 Å². The third-order valence-electron chi connectivity index (χ3n) is 5.42. The van der Waals surface area contributed by atoms with Crippen molar-refractivity contribution in [2.24, 2.45) is 0 Å². The molecular formula is C23H23NO4S. The van der Waals surface area contributed by atoms with Crippen LogP contribution in [0.3, 0.4) is 0 Å². The fourth-order valence-electron chi connectivity index (χ4n) is 3.95. The summed E-state index contributed by atoms with van der Waals surface area (Å²) >= 11 is 0. The Bertz CT molecular complexity index is 1190. The Kier molecular flexibility index (Phi) is 4.74. The van der Waals surface area contributed by atoms with E-state index in [0.29, 0.717) is 11.4 Å². The molecule has 0 radical (unpaired) electrons. The van der Waals surface area contributed by atoms with E-state index in [4.69, 9.17) is 9.47 Å². The van der Waals surface area contributed by atoms with Crippen LogP contribution >= 0.6 is 0 Å². The predicted octanol–water partition coefficient (Wildman–Crippen LogP) is 4.95. The normalized spacial score (nSPS) is 15.4. The fraction of sp³-hybridized carbons (Fsp3) is 0.217. The summed E-state index contributed by atoms with van der Waals surface area (Å²) in [5.74, 6) is 1.40. The van der Waals surface area contributed by atoms with Gasteiger partial charge in [0.1, 0.15) is 11.5 Å². The number of ether oxygens (including phenoxy) is 2. The number of para-hydroxylation sites is 1. The highest BCUT2D eigenvalue weighted by Gasteiger charge is 2.37. The van der Waals surface area contributed by atoms with Gasteiger partial charge in [-0.15, -0.1) is 0 Å². The summed E-state index contributed by atoms with van der Waals surface area (Å²) in [6.07, 6.45) is 0. The maximum atomic E-state index is 13.7. The zero-order valence-corrected chi connectivity index (χ0v) is 17.7. The van der Waals surface area contributed by atoms with E-state index in [2.05, 4.69) is 0 Å². The number of benzene rings is 3. The lowest BCUT2D eigenvalue weighted by Gasteiger charge is -2.37. The summed E-state index contributed by atoms with van der Waals surface area (Å²) in [4.78, 5) is 0.245. The number of hydrogen-bond acceptors (Lipinski definition) is 4. The van der Waals surface area contributed by atoms with Crippen molar-refractivity contribution < 1.29 is 17.9 Å². The molecule has 1 heterocycles. The van der Waals surface area contributed by atoms with Gasteiger partial charge in [0.05, 0.1) is 30.8 Å². The highest BCUT2D eigenvalue weighted by Crippen LogP contribution is 2.48. The van der Waals surface area contributed by atoms with Gasteiger partial charge in [0.15, 0.2) is 0 Å². The SMILES string of the molecule is COc1ccc2c(c1)-c1ccccc1N(S(=O)(=O)c1ccc(OC)c(C)c1)C2C. The molecule has 5 nitrogen and oxygen atoms in total. The first kappa shape index (κ1) is 19.3. The zero-order valence-electron chi connectivity index (χ0n) is 16.8. The first-order chi connectivity index (χ1) is 13.9. The topological polar surface area (TPSA) is 55.8 Å². The highest BCUT2D eigenvalue weighted by molar-refractivity contribution is 7.92. The quantitative estimate of drug-likeness (QED) is 0.612. The van der Waals surface area contributed by atoms with Gasteiger partial charge in [-0.2, -0.15) is 0 Å². The molecule has 0 N–H and O–H groups in total. The number of nitrogens with zero attached hydrogens (tertiary/aromatic N) is 1. The Balaban J connectivity index is 1.91. The van der Waals surface area contributed by atoms with E-state index in [9.17, 15) is 8.42 Å². The van der Waals surface area contributed by atoms with Gasteiger partial charge in [-0.1, -0.05) is 24.3 Å². The number of hydrogen-bond donors (Lipinski definition) is 0. The van der Waals surface area contributed by atoms with Gasteiger partial charge >= 0.3 is 0 Å². The molecule has 0 amide bonds.